The lowest BCUT2D eigenvalue weighted by atomic mass is 9.66. The van der Waals surface area contributed by atoms with Crippen LogP contribution in [0.4, 0.5) is 11.4 Å². The van der Waals surface area contributed by atoms with E-state index in [0.29, 0.717) is 29.9 Å². The fourth-order valence-electron chi connectivity index (χ4n) is 4.93. The zero-order chi connectivity index (χ0) is 30.2. The van der Waals surface area contributed by atoms with Gasteiger partial charge < -0.3 is 10.4 Å². The molecule has 1 heterocycles. The fourth-order valence-corrected chi connectivity index (χ4v) is 7.01. The minimum atomic E-state index is -4.27. The molecule has 0 aromatic heterocycles. The lowest BCUT2D eigenvalue weighted by Crippen LogP contribution is -2.42. The number of nitrogens with one attached hydrogen (secondary N) is 3. The molecule has 1 atom stereocenters. The van der Waals surface area contributed by atoms with E-state index in [1.54, 1.807) is 12.1 Å². The second-order valence-electron chi connectivity index (χ2n) is 10.9. The highest BCUT2D eigenvalue weighted by atomic mass is 32.3. The van der Waals surface area contributed by atoms with E-state index in [-0.39, 0.29) is 39.9 Å². The van der Waals surface area contributed by atoms with E-state index in [2.05, 4.69) is 28.3 Å². The van der Waals surface area contributed by atoms with Crippen LogP contribution in [0.1, 0.15) is 70.9 Å². The first kappa shape index (κ1) is 30.6. The van der Waals surface area contributed by atoms with Crippen LogP contribution in [0.3, 0.4) is 0 Å². The standard InChI is InChI=1S/C28H36N4O7S2/c1-5-6-11-23(33)31-41(38,39)30-18-12-13-21-22(16-18)40(36,37)32-27(29-21)24-25(34)19-9-7-8-10-20(19)28(4,26(24)35)15-14-17(2)3/h7-10,12-13,16-17,30,34,36-37H,5-6,11,14-15H2,1-4H3,(H,29,32)(H,31,33). The molecular weight excluding hydrogens is 568 g/mol. The molecule has 0 saturated carbocycles. The number of fused-ring (bicyclic) bond motifs is 2. The van der Waals surface area contributed by atoms with E-state index in [4.69, 9.17) is 0 Å². The molecule has 0 fully saturated rings. The molecule has 2 aliphatic rings. The summed E-state index contributed by atoms with van der Waals surface area (Å²) in [5, 5.41) is 14.2. The minimum absolute atomic E-state index is 0.0361. The third-order valence-corrected chi connectivity index (χ3v) is 9.57. The number of benzene rings is 2. The Kier molecular flexibility index (Phi) is 8.55. The quantitative estimate of drug-likeness (QED) is 0.199. The lowest BCUT2D eigenvalue weighted by Gasteiger charge is -2.39. The smallest absolute Gasteiger partial charge is 0.323 e. The highest BCUT2D eigenvalue weighted by Crippen LogP contribution is 2.57. The number of nitrogens with zero attached hydrogens (tertiary/aromatic N) is 1. The number of rotatable bonds is 10. The summed E-state index contributed by atoms with van der Waals surface area (Å²) in [6, 6.07) is 11.0. The first-order valence-electron chi connectivity index (χ1n) is 13.4. The number of aliphatic hydroxyl groups is 1. The van der Waals surface area contributed by atoms with Crippen LogP contribution in [0, 0.1) is 5.92 Å². The SMILES string of the molecule is CCCCC(=O)NS(=O)(=O)Nc1ccc2c(c1)S(O)(O)N=C(C1=C(O)c3ccccc3C(C)(CCC(C)C)C1=O)N2. The van der Waals surface area contributed by atoms with Crippen molar-refractivity contribution in [3.63, 3.8) is 0 Å². The van der Waals surface area contributed by atoms with Crippen LogP contribution in [-0.2, 0) is 25.2 Å². The summed E-state index contributed by atoms with van der Waals surface area (Å²) in [6.07, 6.45) is 2.56. The van der Waals surface area contributed by atoms with Gasteiger partial charge in [0.1, 0.15) is 16.2 Å². The fraction of sp³-hybridized carbons (Fsp3) is 0.393. The Morgan fingerprint density at radius 3 is 2.56 bits per heavy atom. The Morgan fingerprint density at radius 1 is 1.17 bits per heavy atom. The normalized spacial score (nSPS) is 20.5. The zero-order valence-electron chi connectivity index (χ0n) is 23.4. The summed E-state index contributed by atoms with van der Waals surface area (Å²) < 4.78 is 55.0. The van der Waals surface area contributed by atoms with Crippen molar-refractivity contribution in [3.05, 3.63) is 59.2 Å². The predicted molar refractivity (Wildman–Crippen MR) is 161 cm³/mol. The number of hydrogen-bond acceptors (Lipinski definition) is 9. The first-order chi connectivity index (χ1) is 19.2. The van der Waals surface area contributed by atoms with Gasteiger partial charge in [-0.2, -0.15) is 8.42 Å². The maximum absolute atomic E-state index is 14.0. The van der Waals surface area contributed by atoms with E-state index < -0.39 is 38.1 Å². The number of amidine groups is 1. The summed E-state index contributed by atoms with van der Waals surface area (Å²) in [6.45, 7) is 7.81. The number of hydrogen-bond donors (Lipinski definition) is 6. The summed E-state index contributed by atoms with van der Waals surface area (Å²) in [5.41, 5.74) is 0.145. The van der Waals surface area contributed by atoms with Gasteiger partial charge in [0, 0.05) is 12.0 Å². The number of amides is 1. The van der Waals surface area contributed by atoms with Gasteiger partial charge in [0.25, 0.3) is 0 Å². The van der Waals surface area contributed by atoms with Gasteiger partial charge in [-0.3, -0.25) is 23.4 Å². The van der Waals surface area contributed by atoms with Crippen molar-refractivity contribution < 1.29 is 32.2 Å². The van der Waals surface area contributed by atoms with Crippen molar-refractivity contribution in [3.8, 4) is 0 Å². The van der Waals surface area contributed by atoms with E-state index in [1.807, 2.05) is 30.7 Å². The van der Waals surface area contributed by atoms with Crippen LogP contribution in [0.25, 0.3) is 5.76 Å². The monoisotopic (exact) mass is 604 g/mol. The molecule has 1 amide bonds. The molecule has 0 saturated heterocycles. The average molecular weight is 605 g/mol. The third-order valence-electron chi connectivity index (χ3n) is 7.21. The highest BCUT2D eigenvalue weighted by Gasteiger charge is 2.46. The highest BCUT2D eigenvalue weighted by molar-refractivity contribution is 8.23. The number of Topliss-reactive ketones (excluding diaryl/α,β-unsaturated/α-hetero) is 1. The van der Waals surface area contributed by atoms with Crippen LogP contribution < -0.4 is 14.8 Å². The van der Waals surface area contributed by atoms with Gasteiger partial charge >= 0.3 is 10.2 Å². The predicted octanol–water partition coefficient (Wildman–Crippen LogP) is 5.74. The minimum Gasteiger partial charge on any atom is -0.506 e. The summed E-state index contributed by atoms with van der Waals surface area (Å²) in [7, 11) is -8.20. The second-order valence-corrected chi connectivity index (χ2v) is 14.0. The van der Waals surface area contributed by atoms with E-state index in [1.165, 1.54) is 18.2 Å². The van der Waals surface area contributed by atoms with Crippen LogP contribution in [0.2, 0.25) is 0 Å². The Labute approximate surface area is 241 Å². The number of carbonyl (C=O) groups is 2. The number of unbranched alkanes of at least 4 members (excludes halogenated alkanes) is 1. The van der Waals surface area contributed by atoms with Gasteiger partial charge in [-0.25, -0.2) is 4.72 Å². The Balaban J connectivity index is 1.68. The van der Waals surface area contributed by atoms with Crippen LogP contribution >= 0.6 is 10.8 Å². The molecule has 2 aromatic rings. The van der Waals surface area contributed by atoms with Gasteiger partial charge in [-0.05, 0) is 55.9 Å². The molecule has 13 heteroatoms. The van der Waals surface area contributed by atoms with Crippen molar-refractivity contribution >= 4 is 55.6 Å². The molecule has 2 aromatic carbocycles. The molecular formula is C28H36N4O7S2. The Hall–Kier alpha value is -3.39. The molecule has 1 unspecified atom stereocenters. The zero-order valence-corrected chi connectivity index (χ0v) is 25.0. The van der Waals surface area contributed by atoms with Crippen molar-refractivity contribution in [2.75, 3.05) is 10.0 Å². The molecule has 0 radical (unpaired) electrons. The summed E-state index contributed by atoms with van der Waals surface area (Å²) in [5.74, 6) is -1.25. The third kappa shape index (κ3) is 6.27. The molecule has 1 aliphatic heterocycles. The van der Waals surface area contributed by atoms with Gasteiger partial charge in [-0.1, -0.05) is 62.2 Å². The average Bonchev–Trinajstić information content (AvgIpc) is 2.89. The molecule has 0 bridgehead atoms. The maximum atomic E-state index is 14.0. The Bertz CT molecular complexity index is 1550. The summed E-state index contributed by atoms with van der Waals surface area (Å²) in [4.78, 5) is 25.8. The number of aliphatic hydroxyl groups excluding tert-OH is 1. The van der Waals surface area contributed by atoms with Crippen molar-refractivity contribution in [2.24, 2.45) is 10.3 Å². The molecule has 6 N–H and O–H groups in total. The molecule has 222 valence electrons. The lowest BCUT2D eigenvalue weighted by molar-refractivity contribution is -0.120. The number of anilines is 2. The van der Waals surface area contributed by atoms with Crippen molar-refractivity contribution in [1.82, 2.24) is 4.72 Å². The van der Waals surface area contributed by atoms with Gasteiger partial charge in [0.2, 0.25) is 5.91 Å². The number of ketones is 1. The van der Waals surface area contributed by atoms with Crippen LogP contribution in [0.15, 0.2) is 57.3 Å². The molecule has 11 nitrogen and oxygen atoms in total. The van der Waals surface area contributed by atoms with Gasteiger partial charge in [0.05, 0.1) is 16.8 Å². The first-order valence-corrected chi connectivity index (χ1v) is 16.4. The molecule has 1 aliphatic carbocycles. The molecule has 0 spiro atoms. The Morgan fingerprint density at radius 2 is 1.88 bits per heavy atom. The van der Waals surface area contributed by atoms with E-state index in [9.17, 15) is 32.2 Å². The van der Waals surface area contributed by atoms with E-state index >= 15 is 0 Å². The second kappa shape index (κ2) is 11.5. The van der Waals surface area contributed by atoms with Crippen molar-refractivity contribution in [2.45, 2.75) is 70.1 Å². The van der Waals surface area contributed by atoms with Crippen molar-refractivity contribution in [1.29, 1.82) is 0 Å². The number of carbonyl (C=O) groups excluding carboxylic acids is 2. The largest absolute Gasteiger partial charge is 0.506 e. The van der Waals surface area contributed by atoms with Gasteiger partial charge in [-0.15, -0.1) is 4.40 Å². The van der Waals surface area contributed by atoms with E-state index in [0.717, 1.165) is 12.8 Å². The van der Waals surface area contributed by atoms with Crippen LogP contribution in [-0.4, -0.2) is 40.2 Å². The maximum Gasteiger partial charge on any atom is 0.323 e. The topological polar surface area (TPSA) is 177 Å². The van der Waals surface area contributed by atoms with Gasteiger partial charge in [0.15, 0.2) is 11.6 Å². The van der Waals surface area contributed by atoms with Crippen LogP contribution in [0.5, 0.6) is 0 Å². The summed E-state index contributed by atoms with van der Waals surface area (Å²) >= 11 is 0. The molecule has 4 rings (SSSR count). The molecule has 41 heavy (non-hydrogen) atoms.